The molecular weight excluding hydrogens is 464 g/mol. The summed E-state index contributed by atoms with van der Waals surface area (Å²) in [7, 11) is 3.51. The fraction of sp³-hybridized carbons (Fsp3) is 0.400. The van der Waals surface area contributed by atoms with Crippen molar-refractivity contribution in [1.82, 2.24) is 14.8 Å². The van der Waals surface area contributed by atoms with Gasteiger partial charge in [0.2, 0.25) is 0 Å². The number of benzene rings is 2. The maximum Gasteiger partial charge on any atom is 0.256 e. The maximum absolute atomic E-state index is 14.5. The quantitative estimate of drug-likeness (QED) is 0.476. The SMILES string of the molecule is CNCc1ccc(F)c(C2CCN(C(=O)c3cn(CCOC)c4c(Cl)ccc(Cl)c34)CC2)c1. The molecule has 5 nitrogen and oxygen atoms in total. The minimum atomic E-state index is -0.178. The van der Waals surface area contributed by atoms with Crippen molar-refractivity contribution in [2.45, 2.75) is 31.8 Å². The van der Waals surface area contributed by atoms with Crippen LogP contribution in [-0.4, -0.2) is 49.2 Å². The molecule has 3 aromatic rings. The Morgan fingerprint density at radius 2 is 1.91 bits per heavy atom. The molecule has 0 aliphatic carbocycles. The van der Waals surface area contributed by atoms with E-state index in [9.17, 15) is 9.18 Å². The Morgan fingerprint density at radius 1 is 1.18 bits per heavy atom. The Bertz CT molecular complexity index is 1160. The van der Waals surface area contributed by atoms with Crippen LogP contribution in [0.1, 0.15) is 40.2 Å². The van der Waals surface area contributed by atoms with Crippen molar-refractivity contribution >= 4 is 40.0 Å². The molecule has 176 valence electrons. The molecule has 0 atom stereocenters. The van der Waals surface area contributed by atoms with Gasteiger partial charge in [-0.1, -0.05) is 35.3 Å². The first-order valence-electron chi connectivity index (χ1n) is 11.1. The molecule has 1 amide bonds. The van der Waals surface area contributed by atoms with Crippen molar-refractivity contribution in [2.75, 3.05) is 33.9 Å². The van der Waals surface area contributed by atoms with Crippen LogP contribution < -0.4 is 5.32 Å². The Morgan fingerprint density at radius 3 is 2.61 bits per heavy atom. The van der Waals surface area contributed by atoms with Gasteiger partial charge in [0.05, 0.1) is 27.7 Å². The van der Waals surface area contributed by atoms with Crippen molar-refractivity contribution in [1.29, 1.82) is 0 Å². The molecule has 0 spiro atoms. The predicted molar refractivity (Wildman–Crippen MR) is 131 cm³/mol. The Hall–Kier alpha value is -2.12. The molecule has 8 heteroatoms. The lowest BCUT2D eigenvalue weighted by Gasteiger charge is -2.32. The second-order valence-electron chi connectivity index (χ2n) is 8.43. The van der Waals surface area contributed by atoms with Crippen LogP contribution in [0.2, 0.25) is 10.0 Å². The zero-order valence-corrected chi connectivity index (χ0v) is 20.3. The number of carbonyl (C=O) groups is 1. The lowest BCUT2D eigenvalue weighted by Crippen LogP contribution is -2.38. The number of amides is 1. The molecule has 0 bridgehead atoms. The number of ether oxygens (including phenoxy) is 1. The van der Waals surface area contributed by atoms with E-state index < -0.39 is 0 Å². The molecule has 33 heavy (non-hydrogen) atoms. The summed E-state index contributed by atoms with van der Waals surface area (Å²) in [4.78, 5) is 15.3. The highest BCUT2D eigenvalue weighted by molar-refractivity contribution is 6.41. The van der Waals surface area contributed by atoms with Crippen LogP contribution in [0.15, 0.2) is 36.5 Å². The monoisotopic (exact) mass is 491 g/mol. The molecule has 2 heterocycles. The highest BCUT2D eigenvalue weighted by Crippen LogP contribution is 2.36. The van der Waals surface area contributed by atoms with Crippen molar-refractivity contribution in [3.8, 4) is 0 Å². The summed E-state index contributed by atoms with van der Waals surface area (Å²) in [5, 5.41) is 4.81. The van der Waals surface area contributed by atoms with E-state index >= 15 is 0 Å². The van der Waals surface area contributed by atoms with Crippen molar-refractivity contribution < 1.29 is 13.9 Å². The summed E-state index contributed by atoms with van der Waals surface area (Å²) >= 11 is 13.0. The minimum absolute atomic E-state index is 0.0804. The van der Waals surface area contributed by atoms with Gasteiger partial charge in [0, 0.05) is 44.9 Å². The van der Waals surface area contributed by atoms with Crippen LogP contribution >= 0.6 is 23.2 Å². The molecule has 1 aliphatic heterocycles. The van der Waals surface area contributed by atoms with E-state index in [1.807, 2.05) is 34.8 Å². The van der Waals surface area contributed by atoms with E-state index in [-0.39, 0.29) is 17.6 Å². The number of methoxy groups -OCH3 is 1. The van der Waals surface area contributed by atoms with Crippen LogP contribution in [0.4, 0.5) is 4.39 Å². The number of likely N-dealkylation sites (tertiary alicyclic amines) is 1. The molecular formula is C25H28Cl2FN3O2. The highest BCUT2D eigenvalue weighted by Gasteiger charge is 2.29. The third-order valence-electron chi connectivity index (χ3n) is 6.35. The zero-order valence-electron chi connectivity index (χ0n) is 18.8. The van der Waals surface area contributed by atoms with Gasteiger partial charge in [-0.2, -0.15) is 0 Å². The molecule has 1 saturated heterocycles. The van der Waals surface area contributed by atoms with E-state index in [0.29, 0.717) is 66.6 Å². The first-order chi connectivity index (χ1) is 15.9. The van der Waals surface area contributed by atoms with Crippen molar-refractivity contribution in [3.05, 3.63) is 69.1 Å². The molecule has 0 saturated carbocycles. The lowest BCUT2D eigenvalue weighted by molar-refractivity contribution is 0.0714. The van der Waals surface area contributed by atoms with Gasteiger partial charge < -0.3 is 19.5 Å². The summed E-state index contributed by atoms with van der Waals surface area (Å²) in [6, 6.07) is 8.75. The van der Waals surface area contributed by atoms with Crippen LogP contribution in [0.5, 0.6) is 0 Å². The fourth-order valence-corrected chi connectivity index (χ4v) is 5.20. The van der Waals surface area contributed by atoms with Crippen LogP contribution in [0.3, 0.4) is 0 Å². The topological polar surface area (TPSA) is 46.5 Å². The second kappa shape index (κ2) is 10.4. The van der Waals surface area contributed by atoms with Crippen LogP contribution in [-0.2, 0) is 17.8 Å². The van der Waals surface area contributed by atoms with E-state index in [0.717, 1.165) is 16.6 Å². The number of hydrogen-bond donors (Lipinski definition) is 1. The Labute approximate surface area is 203 Å². The normalized spacial score (nSPS) is 14.9. The fourth-order valence-electron chi connectivity index (χ4n) is 4.68. The van der Waals surface area contributed by atoms with Crippen LogP contribution in [0.25, 0.3) is 10.9 Å². The van der Waals surface area contributed by atoms with Gasteiger partial charge in [-0.3, -0.25) is 4.79 Å². The van der Waals surface area contributed by atoms with Crippen molar-refractivity contribution in [3.63, 3.8) is 0 Å². The van der Waals surface area contributed by atoms with Gasteiger partial charge in [-0.25, -0.2) is 4.39 Å². The molecule has 0 radical (unpaired) electrons. The first-order valence-corrected chi connectivity index (χ1v) is 11.9. The smallest absolute Gasteiger partial charge is 0.256 e. The average Bonchev–Trinajstić information content (AvgIpc) is 3.22. The molecule has 1 aromatic heterocycles. The minimum Gasteiger partial charge on any atom is -0.383 e. The number of rotatable bonds is 7. The van der Waals surface area contributed by atoms with E-state index in [1.165, 1.54) is 0 Å². The summed E-state index contributed by atoms with van der Waals surface area (Å²) in [5.41, 5.74) is 3.07. The number of halogens is 3. The summed E-state index contributed by atoms with van der Waals surface area (Å²) in [6.07, 6.45) is 3.24. The number of piperidine rings is 1. The maximum atomic E-state index is 14.5. The van der Waals surface area contributed by atoms with Gasteiger partial charge in [0.25, 0.3) is 5.91 Å². The molecule has 0 unspecified atom stereocenters. The number of nitrogens with zero attached hydrogens (tertiary/aromatic N) is 2. The van der Waals surface area contributed by atoms with E-state index in [4.69, 9.17) is 27.9 Å². The predicted octanol–water partition coefficient (Wildman–Crippen LogP) is 5.47. The van der Waals surface area contributed by atoms with Gasteiger partial charge in [0.15, 0.2) is 0 Å². The lowest BCUT2D eigenvalue weighted by atomic mass is 9.88. The number of carbonyl (C=O) groups excluding carboxylic acids is 1. The summed E-state index contributed by atoms with van der Waals surface area (Å²) < 4.78 is 21.7. The molecule has 1 N–H and O–H groups in total. The van der Waals surface area contributed by atoms with E-state index in [1.54, 1.807) is 25.3 Å². The van der Waals surface area contributed by atoms with Crippen molar-refractivity contribution in [2.24, 2.45) is 0 Å². The highest BCUT2D eigenvalue weighted by atomic mass is 35.5. The van der Waals surface area contributed by atoms with Gasteiger partial charge >= 0.3 is 0 Å². The number of hydrogen-bond acceptors (Lipinski definition) is 3. The van der Waals surface area contributed by atoms with Gasteiger partial charge in [0.1, 0.15) is 5.82 Å². The van der Waals surface area contributed by atoms with Gasteiger partial charge in [-0.05, 0) is 55.1 Å². The summed E-state index contributed by atoms with van der Waals surface area (Å²) in [5.74, 6) is -0.169. The zero-order chi connectivity index (χ0) is 23.5. The van der Waals surface area contributed by atoms with Gasteiger partial charge in [-0.15, -0.1) is 0 Å². The molecule has 4 rings (SSSR count). The largest absolute Gasteiger partial charge is 0.383 e. The molecule has 2 aromatic carbocycles. The Kier molecular flexibility index (Phi) is 7.59. The first kappa shape index (κ1) is 24.0. The molecule has 1 fully saturated rings. The standard InChI is InChI=1S/C25H28Cl2FN3O2/c1-29-14-16-3-6-22(28)18(13-16)17-7-9-30(10-8-17)25(32)19-15-31(11-12-33-2)24-21(27)5-4-20(26)23(19)24/h3-6,13,15,17,29H,7-12,14H2,1-2H3. The number of fused-ring (bicyclic) bond motifs is 1. The second-order valence-corrected chi connectivity index (χ2v) is 9.25. The average molecular weight is 492 g/mol. The third kappa shape index (κ3) is 4.90. The number of aromatic nitrogens is 1. The summed E-state index contributed by atoms with van der Waals surface area (Å²) in [6.45, 7) is 2.86. The molecule has 1 aliphatic rings. The Balaban J connectivity index is 1.56. The number of nitrogens with one attached hydrogen (secondary N) is 1. The van der Waals surface area contributed by atoms with E-state index in [2.05, 4.69) is 5.32 Å². The van der Waals surface area contributed by atoms with Crippen LogP contribution in [0, 0.1) is 5.82 Å². The third-order valence-corrected chi connectivity index (χ3v) is 6.97.